The minimum atomic E-state index is -0.394. The van der Waals surface area contributed by atoms with Crippen molar-refractivity contribution in [2.45, 2.75) is 30.4 Å². The summed E-state index contributed by atoms with van der Waals surface area (Å²) in [5, 5.41) is -0.224. The number of fused-ring (bicyclic) bond motifs is 1. The minimum Gasteiger partial charge on any atom is -0.483 e. The molecule has 2 aromatic carbocycles. The average Bonchev–Trinajstić information content (AvgIpc) is 3.04. The van der Waals surface area contributed by atoms with Crippen LogP contribution in [0.1, 0.15) is 16.7 Å². The number of hydrogen-bond donors (Lipinski definition) is 2. The van der Waals surface area contributed by atoms with Crippen LogP contribution in [-0.2, 0) is 16.0 Å². The van der Waals surface area contributed by atoms with E-state index < -0.39 is 5.91 Å². The van der Waals surface area contributed by atoms with Crippen LogP contribution in [0, 0.1) is 13.8 Å². The van der Waals surface area contributed by atoms with Gasteiger partial charge in [-0.25, -0.2) is 0 Å². The lowest BCUT2D eigenvalue weighted by Gasteiger charge is -2.12. The fourth-order valence-electron chi connectivity index (χ4n) is 2.58. The van der Waals surface area contributed by atoms with E-state index in [4.69, 9.17) is 4.74 Å². The molecule has 1 aliphatic rings. The molecule has 6 heteroatoms. The van der Waals surface area contributed by atoms with Gasteiger partial charge in [-0.05, 0) is 49.1 Å². The highest BCUT2D eigenvalue weighted by Gasteiger charge is 2.28. The van der Waals surface area contributed by atoms with Gasteiger partial charge in [0, 0.05) is 4.90 Å². The van der Waals surface area contributed by atoms with Crippen molar-refractivity contribution in [1.29, 1.82) is 0 Å². The number of ether oxygens (including phenoxy) is 1. The first-order valence-electron chi connectivity index (χ1n) is 8.06. The summed E-state index contributed by atoms with van der Waals surface area (Å²) in [6.45, 7) is 3.73. The van der Waals surface area contributed by atoms with Gasteiger partial charge in [0.15, 0.2) is 6.61 Å². The van der Waals surface area contributed by atoms with Crippen LogP contribution in [0.25, 0.3) is 0 Å². The molecule has 25 heavy (non-hydrogen) atoms. The van der Waals surface area contributed by atoms with Gasteiger partial charge in [-0.3, -0.25) is 20.4 Å². The summed E-state index contributed by atoms with van der Waals surface area (Å²) in [4.78, 5) is 25.2. The molecule has 5 nitrogen and oxygen atoms in total. The Morgan fingerprint density at radius 1 is 1.16 bits per heavy atom. The summed E-state index contributed by atoms with van der Waals surface area (Å²) in [5.74, 6) is 0.0688. The predicted octanol–water partition coefficient (Wildman–Crippen LogP) is 2.55. The third-order valence-corrected chi connectivity index (χ3v) is 5.28. The molecular weight excluding hydrogens is 336 g/mol. The first-order chi connectivity index (χ1) is 12.0. The van der Waals surface area contributed by atoms with E-state index in [0.29, 0.717) is 12.2 Å². The van der Waals surface area contributed by atoms with E-state index in [2.05, 4.69) is 10.9 Å². The molecule has 0 aliphatic carbocycles. The Hall–Kier alpha value is -2.47. The van der Waals surface area contributed by atoms with Crippen LogP contribution < -0.4 is 15.6 Å². The number of aryl methyl sites for hydroxylation is 2. The first kappa shape index (κ1) is 17.4. The lowest BCUT2D eigenvalue weighted by atomic mass is 10.1. The largest absolute Gasteiger partial charge is 0.483 e. The second-order valence-electron chi connectivity index (χ2n) is 6.01. The summed E-state index contributed by atoms with van der Waals surface area (Å²) in [5.41, 5.74) is 8.08. The summed E-state index contributed by atoms with van der Waals surface area (Å²) in [6.07, 6.45) is 0.668. The Bertz CT molecular complexity index is 782. The monoisotopic (exact) mass is 356 g/mol. The Morgan fingerprint density at radius 2 is 1.96 bits per heavy atom. The Morgan fingerprint density at radius 3 is 2.76 bits per heavy atom. The third kappa shape index (κ3) is 4.33. The molecule has 0 radical (unpaired) electrons. The number of thioether (sulfide) groups is 1. The van der Waals surface area contributed by atoms with Crippen LogP contribution >= 0.6 is 11.8 Å². The van der Waals surface area contributed by atoms with Gasteiger partial charge >= 0.3 is 0 Å². The maximum atomic E-state index is 12.2. The molecule has 0 saturated carbocycles. The average molecular weight is 356 g/mol. The molecule has 130 valence electrons. The predicted molar refractivity (Wildman–Crippen MR) is 97.5 cm³/mol. The van der Waals surface area contributed by atoms with E-state index in [1.54, 1.807) is 0 Å². The van der Waals surface area contributed by atoms with Crippen molar-refractivity contribution in [3.05, 3.63) is 59.2 Å². The lowest BCUT2D eigenvalue weighted by Crippen LogP contribution is -2.47. The number of benzene rings is 2. The van der Waals surface area contributed by atoms with Crippen LogP contribution in [-0.4, -0.2) is 23.7 Å². The molecule has 2 aromatic rings. The van der Waals surface area contributed by atoms with Gasteiger partial charge < -0.3 is 4.74 Å². The number of nitrogens with one attached hydrogen (secondary N) is 2. The molecule has 1 aliphatic heterocycles. The lowest BCUT2D eigenvalue weighted by molar-refractivity contribution is -0.129. The zero-order valence-electron chi connectivity index (χ0n) is 14.2. The van der Waals surface area contributed by atoms with Crippen molar-refractivity contribution in [2.24, 2.45) is 0 Å². The van der Waals surface area contributed by atoms with Crippen molar-refractivity contribution in [2.75, 3.05) is 6.61 Å². The fraction of sp³-hybridized carbons (Fsp3) is 0.263. The molecule has 2 amide bonds. The van der Waals surface area contributed by atoms with Gasteiger partial charge in [0.25, 0.3) is 11.8 Å². The van der Waals surface area contributed by atoms with E-state index in [9.17, 15) is 9.59 Å². The quantitative estimate of drug-likeness (QED) is 0.826. The van der Waals surface area contributed by atoms with Gasteiger partial charge in [0.1, 0.15) is 5.75 Å². The SMILES string of the molecule is Cc1ccc(C)c(OCC(=O)NNC(=O)C2Cc3ccccc3S2)c1. The number of hydrogen-bond acceptors (Lipinski definition) is 4. The van der Waals surface area contributed by atoms with E-state index >= 15 is 0 Å². The molecule has 3 rings (SSSR count). The summed E-state index contributed by atoms with van der Waals surface area (Å²) in [6, 6.07) is 13.8. The molecule has 2 N–H and O–H groups in total. The van der Waals surface area contributed by atoms with Crippen LogP contribution in [0.3, 0.4) is 0 Å². The van der Waals surface area contributed by atoms with Crippen LogP contribution in [0.5, 0.6) is 5.75 Å². The van der Waals surface area contributed by atoms with Gasteiger partial charge in [-0.2, -0.15) is 0 Å². The van der Waals surface area contributed by atoms with Crippen molar-refractivity contribution in [3.8, 4) is 5.75 Å². The number of amides is 2. The van der Waals surface area contributed by atoms with E-state index in [-0.39, 0.29) is 17.8 Å². The van der Waals surface area contributed by atoms with Gasteiger partial charge in [0.2, 0.25) is 0 Å². The van der Waals surface area contributed by atoms with E-state index in [1.165, 1.54) is 11.8 Å². The highest BCUT2D eigenvalue weighted by molar-refractivity contribution is 8.01. The highest BCUT2D eigenvalue weighted by Crippen LogP contribution is 2.36. The zero-order valence-corrected chi connectivity index (χ0v) is 15.0. The van der Waals surface area contributed by atoms with Crippen molar-refractivity contribution in [1.82, 2.24) is 10.9 Å². The molecule has 0 bridgehead atoms. The second-order valence-corrected chi connectivity index (χ2v) is 7.26. The number of hydrazine groups is 1. The zero-order chi connectivity index (χ0) is 17.8. The minimum absolute atomic E-state index is 0.150. The molecule has 1 unspecified atom stereocenters. The maximum absolute atomic E-state index is 12.2. The third-order valence-electron chi connectivity index (χ3n) is 3.97. The molecule has 0 spiro atoms. The summed E-state index contributed by atoms with van der Waals surface area (Å²) in [7, 11) is 0. The molecule has 0 aromatic heterocycles. The van der Waals surface area contributed by atoms with Crippen molar-refractivity contribution in [3.63, 3.8) is 0 Å². The molecule has 1 heterocycles. The van der Waals surface area contributed by atoms with Crippen LogP contribution in [0.4, 0.5) is 0 Å². The maximum Gasteiger partial charge on any atom is 0.276 e. The number of carbonyl (C=O) groups is 2. The molecule has 1 atom stereocenters. The van der Waals surface area contributed by atoms with Gasteiger partial charge in [-0.15, -0.1) is 11.8 Å². The molecule has 0 fully saturated rings. The van der Waals surface area contributed by atoms with E-state index in [0.717, 1.165) is 21.6 Å². The smallest absolute Gasteiger partial charge is 0.276 e. The van der Waals surface area contributed by atoms with Crippen LogP contribution in [0.15, 0.2) is 47.4 Å². The second kappa shape index (κ2) is 7.61. The molecular formula is C19H20N2O3S. The van der Waals surface area contributed by atoms with E-state index in [1.807, 2.05) is 56.3 Å². The highest BCUT2D eigenvalue weighted by atomic mass is 32.2. The standard InChI is InChI=1S/C19H20N2O3S/c1-12-7-8-13(2)15(9-12)24-11-18(22)20-21-19(23)17-10-14-5-3-4-6-16(14)25-17/h3-9,17H,10-11H2,1-2H3,(H,20,22)(H,21,23). The number of carbonyl (C=O) groups excluding carboxylic acids is 2. The molecule has 0 saturated heterocycles. The van der Waals surface area contributed by atoms with Crippen molar-refractivity contribution >= 4 is 23.6 Å². The van der Waals surface area contributed by atoms with Gasteiger partial charge in [0.05, 0.1) is 5.25 Å². The Kier molecular flexibility index (Phi) is 5.28. The normalized spacial score (nSPS) is 15.4. The fourth-order valence-corrected chi connectivity index (χ4v) is 3.78. The summed E-state index contributed by atoms with van der Waals surface area (Å²) >= 11 is 1.52. The van der Waals surface area contributed by atoms with Gasteiger partial charge in [-0.1, -0.05) is 30.3 Å². The summed E-state index contributed by atoms with van der Waals surface area (Å²) < 4.78 is 5.52. The van der Waals surface area contributed by atoms with Crippen LogP contribution in [0.2, 0.25) is 0 Å². The van der Waals surface area contributed by atoms with Crippen molar-refractivity contribution < 1.29 is 14.3 Å². The topological polar surface area (TPSA) is 67.4 Å². The Balaban J connectivity index is 1.45. The Labute approximate surface area is 151 Å². The first-order valence-corrected chi connectivity index (χ1v) is 8.94. The number of rotatable bonds is 4.